The third-order valence-corrected chi connectivity index (χ3v) is 2.94. The Morgan fingerprint density at radius 2 is 2.05 bits per heavy atom. The summed E-state index contributed by atoms with van der Waals surface area (Å²) in [5.74, 6) is 1.86. The Balaban J connectivity index is 0.00000242. The van der Waals surface area contributed by atoms with Crippen LogP contribution in [0.25, 0.3) is 0 Å². The Morgan fingerprint density at radius 3 is 2.64 bits per heavy atom. The van der Waals surface area contributed by atoms with Gasteiger partial charge in [-0.1, -0.05) is 35.5 Å². The van der Waals surface area contributed by atoms with Gasteiger partial charge in [-0.05, 0) is 26.3 Å². The maximum absolute atomic E-state index is 5.06. The number of benzene rings is 1. The van der Waals surface area contributed by atoms with E-state index >= 15 is 0 Å². The van der Waals surface area contributed by atoms with Crippen LogP contribution in [0.15, 0.2) is 39.8 Å². The summed E-state index contributed by atoms with van der Waals surface area (Å²) in [7, 11) is 0. The van der Waals surface area contributed by atoms with Crippen molar-refractivity contribution in [3.05, 3.63) is 47.6 Å². The number of guanidine groups is 1. The lowest BCUT2D eigenvalue weighted by Gasteiger charge is -2.17. The van der Waals surface area contributed by atoms with Crippen LogP contribution in [0.3, 0.4) is 0 Å². The molecule has 0 saturated heterocycles. The molecule has 2 aromatic rings. The van der Waals surface area contributed by atoms with Gasteiger partial charge in [-0.25, -0.2) is 4.99 Å². The molecule has 0 aliphatic heterocycles. The number of halogens is 1. The second-order valence-electron chi connectivity index (χ2n) is 4.71. The molecular weight excluding hydrogens is 393 g/mol. The highest BCUT2D eigenvalue weighted by molar-refractivity contribution is 14.0. The van der Waals surface area contributed by atoms with Gasteiger partial charge in [-0.3, -0.25) is 0 Å². The van der Waals surface area contributed by atoms with E-state index in [-0.39, 0.29) is 30.0 Å². The Labute approximate surface area is 147 Å². The standard InChI is InChI=1S/C15H21N5O.HI/c1-4-16-15(17-10-14-19-12(3)20-21-14)18-11(2)13-8-6-5-7-9-13;/h5-9,11H,4,10H2,1-3H3,(H2,16,17,18);1H. The summed E-state index contributed by atoms with van der Waals surface area (Å²) in [6.07, 6.45) is 0. The number of nitrogens with one attached hydrogen (secondary N) is 2. The maximum Gasteiger partial charge on any atom is 0.248 e. The second-order valence-corrected chi connectivity index (χ2v) is 4.71. The number of nitrogens with zero attached hydrogens (tertiary/aromatic N) is 3. The minimum atomic E-state index is 0. The molecule has 0 saturated carbocycles. The Morgan fingerprint density at radius 1 is 1.32 bits per heavy atom. The van der Waals surface area contributed by atoms with Gasteiger partial charge in [0.15, 0.2) is 11.8 Å². The van der Waals surface area contributed by atoms with E-state index in [2.05, 4.69) is 44.8 Å². The predicted molar refractivity (Wildman–Crippen MR) is 97.3 cm³/mol. The fraction of sp³-hybridized carbons (Fsp3) is 0.400. The van der Waals surface area contributed by atoms with Gasteiger partial charge < -0.3 is 15.2 Å². The van der Waals surface area contributed by atoms with Crippen LogP contribution in [0.1, 0.15) is 37.2 Å². The minimum absolute atomic E-state index is 0. The number of hydrogen-bond acceptors (Lipinski definition) is 4. The van der Waals surface area contributed by atoms with Crippen molar-refractivity contribution in [2.45, 2.75) is 33.4 Å². The highest BCUT2D eigenvalue weighted by atomic mass is 127. The van der Waals surface area contributed by atoms with E-state index in [1.807, 2.05) is 25.1 Å². The lowest BCUT2D eigenvalue weighted by Crippen LogP contribution is -2.38. The molecule has 0 radical (unpaired) electrons. The van der Waals surface area contributed by atoms with Crippen molar-refractivity contribution in [1.29, 1.82) is 0 Å². The fourth-order valence-corrected chi connectivity index (χ4v) is 1.90. The third kappa shape index (κ3) is 5.63. The third-order valence-electron chi connectivity index (χ3n) is 2.94. The van der Waals surface area contributed by atoms with Crippen LogP contribution < -0.4 is 10.6 Å². The van der Waals surface area contributed by atoms with Crippen molar-refractivity contribution in [1.82, 2.24) is 20.8 Å². The van der Waals surface area contributed by atoms with Crippen molar-refractivity contribution in [2.75, 3.05) is 6.54 Å². The molecule has 7 heteroatoms. The van der Waals surface area contributed by atoms with Crippen LogP contribution in [-0.2, 0) is 6.54 Å². The van der Waals surface area contributed by atoms with E-state index < -0.39 is 0 Å². The molecule has 0 spiro atoms. The number of hydrogen-bond donors (Lipinski definition) is 2. The lowest BCUT2D eigenvalue weighted by atomic mass is 10.1. The van der Waals surface area contributed by atoms with Crippen molar-refractivity contribution in [2.24, 2.45) is 4.99 Å². The topological polar surface area (TPSA) is 75.3 Å². The molecule has 22 heavy (non-hydrogen) atoms. The quantitative estimate of drug-likeness (QED) is 0.446. The van der Waals surface area contributed by atoms with Gasteiger partial charge >= 0.3 is 0 Å². The summed E-state index contributed by atoms with van der Waals surface area (Å²) < 4.78 is 5.06. The molecule has 1 aromatic carbocycles. The summed E-state index contributed by atoms with van der Waals surface area (Å²) in [4.78, 5) is 8.60. The molecule has 0 aliphatic rings. The molecule has 6 nitrogen and oxygen atoms in total. The summed E-state index contributed by atoms with van der Waals surface area (Å²) >= 11 is 0. The first kappa shape index (κ1) is 18.4. The molecule has 0 bridgehead atoms. The number of aryl methyl sites for hydroxylation is 1. The zero-order chi connectivity index (χ0) is 15.1. The zero-order valence-corrected chi connectivity index (χ0v) is 15.4. The van der Waals surface area contributed by atoms with Crippen LogP contribution in [-0.4, -0.2) is 22.6 Å². The fourth-order valence-electron chi connectivity index (χ4n) is 1.90. The molecule has 0 fully saturated rings. The first-order valence-electron chi connectivity index (χ1n) is 7.08. The van der Waals surface area contributed by atoms with Gasteiger partial charge in [0.1, 0.15) is 6.54 Å². The highest BCUT2D eigenvalue weighted by Gasteiger charge is 2.08. The lowest BCUT2D eigenvalue weighted by molar-refractivity contribution is 0.376. The van der Waals surface area contributed by atoms with Gasteiger partial charge in [0, 0.05) is 6.54 Å². The average Bonchev–Trinajstić information content (AvgIpc) is 2.91. The van der Waals surface area contributed by atoms with Crippen LogP contribution in [0.5, 0.6) is 0 Å². The van der Waals surface area contributed by atoms with E-state index in [0.717, 1.165) is 12.5 Å². The van der Waals surface area contributed by atoms with E-state index in [0.29, 0.717) is 18.3 Å². The highest BCUT2D eigenvalue weighted by Crippen LogP contribution is 2.10. The molecule has 1 heterocycles. The van der Waals surface area contributed by atoms with Crippen molar-refractivity contribution < 1.29 is 4.52 Å². The molecule has 2 rings (SSSR count). The Kier molecular flexibility index (Phi) is 7.86. The number of aliphatic imine (C=N–C) groups is 1. The van der Waals surface area contributed by atoms with Gasteiger partial charge in [0.2, 0.25) is 5.89 Å². The molecule has 120 valence electrons. The minimum Gasteiger partial charge on any atom is -0.357 e. The largest absolute Gasteiger partial charge is 0.357 e. The zero-order valence-electron chi connectivity index (χ0n) is 13.0. The van der Waals surface area contributed by atoms with E-state index in [1.165, 1.54) is 5.56 Å². The van der Waals surface area contributed by atoms with Crippen LogP contribution in [0.2, 0.25) is 0 Å². The van der Waals surface area contributed by atoms with Crippen LogP contribution in [0, 0.1) is 6.92 Å². The average molecular weight is 415 g/mol. The number of rotatable bonds is 5. The molecular formula is C15H22IN5O. The monoisotopic (exact) mass is 415 g/mol. The summed E-state index contributed by atoms with van der Waals surface area (Å²) in [5.41, 5.74) is 1.21. The first-order chi connectivity index (χ1) is 10.2. The van der Waals surface area contributed by atoms with Gasteiger partial charge in [0.05, 0.1) is 6.04 Å². The van der Waals surface area contributed by atoms with Crippen molar-refractivity contribution in [3.63, 3.8) is 0 Å². The molecule has 0 amide bonds. The Bertz CT molecular complexity index is 585. The number of aromatic nitrogens is 2. The summed E-state index contributed by atoms with van der Waals surface area (Å²) in [6.45, 7) is 7.06. The van der Waals surface area contributed by atoms with E-state index in [4.69, 9.17) is 4.52 Å². The van der Waals surface area contributed by atoms with Gasteiger partial charge in [0.25, 0.3) is 0 Å². The smallest absolute Gasteiger partial charge is 0.248 e. The second kappa shape index (κ2) is 9.39. The molecule has 2 N–H and O–H groups in total. The molecule has 1 aromatic heterocycles. The molecule has 0 aliphatic carbocycles. The maximum atomic E-state index is 5.06. The van der Waals surface area contributed by atoms with E-state index in [9.17, 15) is 0 Å². The Hall–Kier alpha value is -1.64. The summed E-state index contributed by atoms with van der Waals surface area (Å²) in [5, 5.41) is 10.3. The van der Waals surface area contributed by atoms with E-state index in [1.54, 1.807) is 6.92 Å². The normalized spacial score (nSPS) is 12.4. The first-order valence-corrected chi connectivity index (χ1v) is 7.08. The molecule has 1 unspecified atom stereocenters. The van der Waals surface area contributed by atoms with Crippen LogP contribution in [0.4, 0.5) is 0 Å². The molecule has 1 atom stereocenters. The van der Waals surface area contributed by atoms with Crippen molar-refractivity contribution >= 4 is 29.9 Å². The predicted octanol–water partition coefficient (Wildman–Crippen LogP) is 2.81. The van der Waals surface area contributed by atoms with Gasteiger partial charge in [-0.2, -0.15) is 4.98 Å². The van der Waals surface area contributed by atoms with Crippen LogP contribution >= 0.6 is 24.0 Å². The summed E-state index contributed by atoms with van der Waals surface area (Å²) in [6, 6.07) is 10.4. The van der Waals surface area contributed by atoms with Gasteiger partial charge in [-0.15, -0.1) is 24.0 Å². The van der Waals surface area contributed by atoms with Crippen molar-refractivity contribution in [3.8, 4) is 0 Å². The SMILES string of the molecule is CCNC(=NCc1nc(C)no1)NC(C)c1ccccc1.I.